The zero-order valence-corrected chi connectivity index (χ0v) is 15.8. The zero-order valence-electron chi connectivity index (χ0n) is 15.0. The Morgan fingerprint density at radius 2 is 1.85 bits per heavy atom. The molecule has 0 aliphatic rings. The number of rotatable bonds is 8. The summed E-state index contributed by atoms with van der Waals surface area (Å²) >= 11 is 5.95. The molecule has 1 N–H and O–H groups in total. The Morgan fingerprint density at radius 1 is 1.15 bits per heavy atom. The fourth-order valence-corrected chi connectivity index (χ4v) is 2.65. The van der Waals surface area contributed by atoms with E-state index in [0.717, 1.165) is 5.56 Å². The molecular formula is C19H22ClFN2O3. The second-order valence-corrected chi connectivity index (χ2v) is 6.29. The van der Waals surface area contributed by atoms with Gasteiger partial charge in [0.2, 0.25) is 5.91 Å². The Bertz CT molecular complexity index is 770. The van der Waals surface area contributed by atoms with E-state index in [2.05, 4.69) is 5.32 Å². The van der Waals surface area contributed by atoms with Crippen molar-refractivity contribution in [2.24, 2.45) is 0 Å². The van der Waals surface area contributed by atoms with Gasteiger partial charge in [-0.05, 0) is 42.9 Å². The van der Waals surface area contributed by atoms with Crippen LogP contribution in [0.25, 0.3) is 0 Å². The van der Waals surface area contributed by atoms with Gasteiger partial charge in [-0.3, -0.25) is 4.79 Å². The van der Waals surface area contributed by atoms with Crippen LogP contribution in [0.5, 0.6) is 11.5 Å². The first-order valence-corrected chi connectivity index (χ1v) is 8.45. The highest BCUT2D eigenvalue weighted by Crippen LogP contribution is 2.27. The Morgan fingerprint density at radius 3 is 2.50 bits per heavy atom. The zero-order chi connectivity index (χ0) is 19.1. The number of halogens is 2. The first-order chi connectivity index (χ1) is 12.4. The number of hydrogen-bond acceptors (Lipinski definition) is 4. The van der Waals surface area contributed by atoms with E-state index in [0.29, 0.717) is 29.5 Å². The Kier molecular flexibility index (Phi) is 7.24. The van der Waals surface area contributed by atoms with Crippen molar-refractivity contribution in [2.45, 2.75) is 13.0 Å². The van der Waals surface area contributed by atoms with Crippen molar-refractivity contribution in [2.75, 3.05) is 33.1 Å². The summed E-state index contributed by atoms with van der Waals surface area (Å²) in [4.78, 5) is 14.1. The van der Waals surface area contributed by atoms with Crippen molar-refractivity contribution in [3.63, 3.8) is 0 Å². The van der Waals surface area contributed by atoms with Gasteiger partial charge in [-0.15, -0.1) is 0 Å². The van der Waals surface area contributed by atoms with E-state index in [1.807, 2.05) is 11.9 Å². The quantitative estimate of drug-likeness (QED) is 0.753. The minimum absolute atomic E-state index is 0.154. The number of carbonyl (C=O) groups excluding carboxylic acids is 1. The lowest BCUT2D eigenvalue weighted by molar-refractivity contribution is -0.116. The van der Waals surface area contributed by atoms with Crippen molar-refractivity contribution in [3.8, 4) is 11.5 Å². The number of amides is 1. The predicted octanol–water partition coefficient (Wildman–Crippen LogP) is 3.96. The molecule has 140 valence electrons. The average Bonchev–Trinajstić information content (AvgIpc) is 2.60. The molecule has 0 aliphatic carbocycles. The van der Waals surface area contributed by atoms with E-state index < -0.39 is 5.82 Å². The number of anilines is 1. The van der Waals surface area contributed by atoms with Gasteiger partial charge in [-0.25, -0.2) is 4.39 Å². The summed E-state index contributed by atoms with van der Waals surface area (Å²) in [6, 6.07) is 9.86. The van der Waals surface area contributed by atoms with E-state index in [9.17, 15) is 9.18 Å². The van der Waals surface area contributed by atoms with Crippen LogP contribution in [0.15, 0.2) is 36.4 Å². The van der Waals surface area contributed by atoms with E-state index in [1.165, 1.54) is 20.3 Å². The fraction of sp³-hybridized carbons (Fsp3) is 0.316. The van der Waals surface area contributed by atoms with Gasteiger partial charge in [-0.1, -0.05) is 17.7 Å². The third kappa shape index (κ3) is 5.61. The lowest BCUT2D eigenvalue weighted by Crippen LogP contribution is -2.24. The first-order valence-electron chi connectivity index (χ1n) is 8.07. The molecule has 0 radical (unpaired) electrons. The molecule has 0 saturated carbocycles. The first kappa shape index (κ1) is 20.0. The van der Waals surface area contributed by atoms with Crippen molar-refractivity contribution >= 4 is 23.2 Å². The van der Waals surface area contributed by atoms with Crippen molar-refractivity contribution in [3.05, 3.63) is 52.8 Å². The smallest absolute Gasteiger partial charge is 0.225 e. The van der Waals surface area contributed by atoms with Crippen LogP contribution in [0.4, 0.5) is 10.1 Å². The number of benzene rings is 2. The monoisotopic (exact) mass is 380 g/mol. The van der Waals surface area contributed by atoms with Crippen LogP contribution >= 0.6 is 11.6 Å². The van der Waals surface area contributed by atoms with E-state index in [4.69, 9.17) is 21.1 Å². The minimum atomic E-state index is -0.399. The summed E-state index contributed by atoms with van der Waals surface area (Å²) in [6.07, 6.45) is 0.283. The van der Waals surface area contributed by atoms with Crippen molar-refractivity contribution < 1.29 is 18.7 Å². The SMILES string of the molecule is COc1ccc(CN(C)CCC(=O)Nc2cc(Cl)ccc2OC)cc1F. The van der Waals surface area contributed by atoms with Gasteiger partial charge < -0.3 is 19.7 Å². The Labute approximate surface area is 157 Å². The molecule has 0 atom stereocenters. The lowest BCUT2D eigenvalue weighted by atomic mass is 10.2. The van der Waals surface area contributed by atoms with E-state index in [-0.39, 0.29) is 18.1 Å². The van der Waals surface area contributed by atoms with Crippen LogP contribution in [-0.4, -0.2) is 38.6 Å². The fourth-order valence-electron chi connectivity index (χ4n) is 2.48. The highest BCUT2D eigenvalue weighted by molar-refractivity contribution is 6.31. The molecule has 1 amide bonds. The topological polar surface area (TPSA) is 50.8 Å². The molecule has 0 saturated heterocycles. The van der Waals surface area contributed by atoms with E-state index >= 15 is 0 Å². The van der Waals surface area contributed by atoms with Crippen LogP contribution in [0.3, 0.4) is 0 Å². The second-order valence-electron chi connectivity index (χ2n) is 5.85. The number of hydrogen-bond donors (Lipinski definition) is 1. The van der Waals surface area contributed by atoms with Gasteiger partial charge in [0.1, 0.15) is 5.75 Å². The molecule has 2 rings (SSSR count). The Hall–Kier alpha value is -2.31. The molecule has 2 aromatic rings. The highest BCUT2D eigenvalue weighted by Gasteiger charge is 2.11. The predicted molar refractivity (Wildman–Crippen MR) is 101 cm³/mol. The Balaban J connectivity index is 1.87. The summed E-state index contributed by atoms with van der Waals surface area (Å²) < 4.78 is 23.8. The standard InChI is InChI=1S/C19H22ClFN2O3/c1-23(12-13-4-6-17(25-2)15(21)10-13)9-8-19(24)22-16-11-14(20)5-7-18(16)26-3/h4-7,10-11H,8-9,12H2,1-3H3,(H,22,24). The molecule has 0 unspecified atom stereocenters. The van der Waals surface area contributed by atoms with Gasteiger partial charge in [0, 0.05) is 24.5 Å². The molecule has 0 fully saturated rings. The van der Waals surface area contributed by atoms with Crippen LogP contribution in [-0.2, 0) is 11.3 Å². The average molecular weight is 381 g/mol. The maximum Gasteiger partial charge on any atom is 0.225 e. The van der Waals surface area contributed by atoms with Gasteiger partial charge in [-0.2, -0.15) is 0 Å². The maximum absolute atomic E-state index is 13.7. The summed E-state index contributed by atoms with van der Waals surface area (Å²) in [5.74, 6) is 0.207. The second kappa shape index (κ2) is 9.40. The van der Waals surface area contributed by atoms with Gasteiger partial charge in [0.25, 0.3) is 0 Å². The van der Waals surface area contributed by atoms with Crippen molar-refractivity contribution in [1.82, 2.24) is 4.90 Å². The molecule has 26 heavy (non-hydrogen) atoms. The summed E-state index contributed by atoms with van der Waals surface area (Å²) in [5.41, 5.74) is 1.34. The highest BCUT2D eigenvalue weighted by atomic mass is 35.5. The molecule has 0 spiro atoms. The van der Waals surface area contributed by atoms with Crippen molar-refractivity contribution in [1.29, 1.82) is 0 Å². The van der Waals surface area contributed by atoms with Crippen LogP contribution in [0.1, 0.15) is 12.0 Å². The van der Waals surface area contributed by atoms with E-state index in [1.54, 1.807) is 30.3 Å². The molecule has 7 heteroatoms. The van der Waals surface area contributed by atoms with Gasteiger partial charge >= 0.3 is 0 Å². The molecule has 0 heterocycles. The van der Waals surface area contributed by atoms with Crippen LogP contribution in [0, 0.1) is 5.82 Å². The number of ether oxygens (including phenoxy) is 2. The largest absolute Gasteiger partial charge is 0.495 e. The van der Waals surface area contributed by atoms with Crippen LogP contribution < -0.4 is 14.8 Å². The number of nitrogens with one attached hydrogen (secondary N) is 1. The summed E-state index contributed by atoms with van der Waals surface area (Å²) in [5, 5.41) is 3.31. The molecule has 2 aromatic carbocycles. The maximum atomic E-state index is 13.7. The minimum Gasteiger partial charge on any atom is -0.495 e. The third-order valence-corrected chi connectivity index (χ3v) is 4.06. The molecular weight excluding hydrogens is 359 g/mol. The molecule has 0 bridgehead atoms. The number of nitrogens with zero attached hydrogens (tertiary/aromatic N) is 1. The number of carbonyl (C=O) groups is 1. The summed E-state index contributed by atoms with van der Waals surface area (Å²) in [6.45, 7) is 1.04. The van der Waals surface area contributed by atoms with Crippen LogP contribution in [0.2, 0.25) is 5.02 Å². The normalized spacial score (nSPS) is 10.7. The molecule has 0 aromatic heterocycles. The van der Waals surface area contributed by atoms with Gasteiger partial charge in [0.05, 0.1) is 19.9 Å². The van der Waals surface area contributed by atoms with Gasteiger partial charge in [0.15, 0.2) is 11.6 Å². The third-order valence-electron chi connectivity index (χ3n) is 3.82. The summed E-state index contributed by atoms with van der Waals surface area (Å²) in [7, 11) is 4.83. The lowest BCUT2D eigenvalue weighted by Gasteiger charge is -2.17. The molecule has 0 aliphatic heterocycles. The number of methoxy groups -OCH3 is 2. The molecule has 5 nitrogen and oxygen atoms in total.